The van der Waals surface area contributed by atoms with Crippen LogP contribution >= 0.6 is 0 Å². The molecule has 0 fully saturated rings. The van der Waals surface area contributed by atoms with E-state index < -0.39 is 0 Å². The van der Waals surface area contributed by atoms with Crippen molar-refractivity contribution < 1.29 is 0 Å². The molecule has 3 nitrogen and oxygen atoms in total. The van der Waals surface area contributed by atoms with E-state index in [2.05, 4.69) is 5.32 Å². The molecule has 3 heteroatoms. The number of nitrogens with one attached hydrogen (secondary N) is 1. The molecule has 0 aliphatic carbocycles. The molecule has 0 saturated heterocycles. The molecule has 5 N–H and O–H groups in total. The molecule has 0 rings (SSSR count). The highest BCUT2D eigenvalue weighted by atomic mass is 15.7. The second-order valence-corrected chi connectivity index (χ2v) is 2.39. The van der Waals surface area contributed by atoms with Crippen molar-refractivity contribution in [2.24, 2.45) is 11.5 Å². The van der Waals surface area contributed by atoms with Crippen molar-refractivity contribution in [3.63, 3.8) is 0 Å². The molecule has 10 heavy (non-hydrogen) atoms. The first-order chi connectivity index (χ1) is 4.91. The van der Waals surface area contributed by atoms with Crippen LogP contribution in [0.1, 0.15) is 19.3 Å². The molecule has 0 atom stereocenters. The lowest BCUT2D eigenvalue weighted by Crippen LogP contribution is -2.19. The van der Waals surface area contributed by atoms with E-state index in [1.165, 1.54) is 6.42 Å². The van der Waals surface area contributed by atoms with Crippen molar-refractivity contribution in [2.75, 3.05) is 26.2 Å². The van der Waals surface area contributed by atoms with Crippen molar-refractivity contribution in [3.05, 3.63) is 0 Å². The summed E-state index contributed by atoms with van der Waals surface area (Å²) in [5.74, 6) is 0. The molecule has 0 aliphatic heterocycles. The van der Waals surface area contributed by atoms with Crippen molar-refractivity contribution in [3.8, 4) is 0 Å². The van der Waals surface area contributed by atoms with E-state index in [1.54, 1.807) is 0 Å². The molecule has 62 valence electrons. The fourth-order valence-electron chi connectivity index (χ4n) is 0.746. The third-order valence-electron chi connectivity index (χ3n) is 1.37. The molecule has 0 spiro atoms. The minimum absolute atomic E-state index is 0.782. The van der Waals surface area contributed by atoms with E-state index >= 15 is 0 Å². The van der Waals surface area contributed by atoms with Gasteiger partial charge in [-0.15, -0.1) is 0 Å². The van der Waals surface area contributed by atoms with Crippen LogP contribution in [0.4, 0.5) is 0 Å². The van der Waals surface area contributed by atoms with Gasteiger partial charge in [-0.25, -0.2) is 0 Å². The van der Waals surface area contributed by atoms with Crippen molar-refractivity contribution in [1.29, 1.82) is 0 Å². The minimum atomic E-state index is 0.782. The van der Waals surface area contributed by atoms with Gasteiger partial charge in [0.2, 0.25) is 0 Å². The highest BCUT2D eigenvalue weighted by Crippen LogP contribution is 1.81. The van der Waals surface area contributed by atoms with Crippen LogP contribution < -0.4 is 16.8 Å². The molecular weight excluding hydrogens is 131 g/mol. The largest absolute Gasteiger partial charge is 0.330 e. The van der Waals surface area contributed by atoms with E-state index in [4.69, 9.17) is 11.5 Å². The van der Waals surface area contributed by atoms with Crippen LogP contribution in [-0.4, -0.2) is 26.2 Å². The maximum Gasteiger partial charge on any atom is -0.00369 e. The van der Waals surface area contributed by atoms with Crippen molar-refractivity contribution in [1.82, 2.24) is 5.32 Å². The monoisotopic (exact) mass is 150 g/mol. The van der Waals surface area contributed by atoms with Gasteiger partial charge in [-0.3, -0.25) is 0 Å². The molecule has 0 amide bonds. The maximum atomic E-state index is 5.32. The first kappa shape index (κ1) is 9.88. The second kappa shape index (κ2) is 8.88. The molecule has 0 aliphatic rings. The van der Waals surface area contributed by atoms with Crippen LogP contribution in [-0.2, 0) is 0 Å². The summed E-state index contributed by atoms with van der Waals surface area (Å²) >= 11 is 0. The number of rotatable bonds is 7. The van der Waals surface area contributed by atoms with Crippen LogP contribution in [0, 0.1) is 0 Å². The Morgan fingerprint density at radius 1 is 0.800 bits per heavy atom. The summed E-state index contributed by atoms with van der Waals surface area (Å²) in [7, 11) is 0. The van der Waals surface area contributed by atoms with Gasteiger partial charge in [-0.2, -0.15) is 0 Å². The van der Waals surface area contributed by atoms with Crippen LogP contribution in [0.5, 0.6) is 0 Å². The van der Waals surface area contributed by atoms with Gasteiger partial charge < -0.3 is 16.8 Å². The van der Waals surface area contributed by atoms with E-state index in [9.17, 15) is 0 Å². The third kappa shape index (κ3) is 7.88. The lowest BCUT2D eigenvalue weighted by Gasteiger charge is -2.01. The zero-order valence-electron chi connectivity index (χ0n) is 6.60. The molecule has 0 aromatic carbocycles. The van der Waals surface area contributed by atoms with Gasteiger partial charge in [0.05, 0.1) is 0 Å². The zero-order valence-corrected chi connectivity index (χ0v) is 6.60. The standard InChI is InChI=1S/C7H19N3/c8-4-1-2-6-10-7-3-5-9/h10H,1-9H2/i4+1,6+1,8+1,9+1,10+1. The molecule has 0 aromatic rings. The molecule has 0 heterocycles. The van der Waals surface area contributed by atoms with E-state index in [1.807, 2.05) is 0 Å². The Morgan fingerprint density at radius 2 is 1.40 bits per heavy atom. The molecule has 0 bridgehead atoms. The molecule has 0 radical (unpaired) electrons. The predicted octanol–water partition coefficient (Wildman–Crippen LogP) is -0.336. The molecular formula is C7H19N3. The minimum Gasteiger partial charge on any atom is -0.330 e. The summed E-state index contributed by atoms with van der Waals surface area (Å²) in [6.07, 6.45) is 3.37. The lowest BCUT2D eigenvalue weighted by atomic mass is 10.5. The Kier molecular flexibility index (Phi) is 8.77. The fraction of sp³-hybridized carbons (Fsp3) is 1.00. The van der Waals surface area contributed by atoms with Gasteiger partial charge in [0.15, 0.2) is 0 Å². The zero-order chi connectivity index (χ0) is 7.66. The quantitative estimate of drug-likeness (QED) is 0.264. The Hall–Kier alpha value is -0.120. The number of hydrogen-bond donors (Lipinski definition) is 3. The maximum absolute atomic E-state index is 5.32. The Morgan fingerprint density at radius 3 is 2.00 bits per heavy atom. The summed E-state index contributed by atoms with van der Waals surface area (Å²) in [6.45, 7) is 3.71. The summed E-state index contributed by atoms with van der Waals surface area (Å²) in [6, 6.07) is 0. The van der Waals surface area contributed by atoms with Crippen LogP contribution in [0.15, 0.2) is 0 Å². The molecule has 0 unspecified atom stereocenters. The topological polar surface area (TPSA) is 64.1 Å². The van der Waals surface area contributed by atoms with E-state index in [0.29, 0.717) is 0 Å². The summed E-state index contributed by atoms with van der Waals surface area (Å²) in [5, 5.41) is 3.29. The summed E-state index contributed by atoms with van der Waals surface area (Å²) < 4.78 is 0. The van der Waals surface area contributed by atoms with Crippen molar-refractivity contribution >= 4 is 0 Å². The summed E-state index contributed by atoms with van der Waals surface area (Å²) in [5.41, 5.74) is 10.6. The van der Waals surface area contributed by atoms with Gasteiger partial charge in [0, 0.05) is 0 Å². The smallest absolute Gasteiger partial charge is 0.00369 e. The van der Waals surface area contributed by atoms with Gasteiger partial charge in [0.25, 0.3) is 0 Å². The average Bonchev–Trinajstić information content (AvgIpc) is 1.97. The Balaban J connectivity index is 2.65. The fourth-order valence-corrected chi connectivity index (χ4v) is 0.746. The average molecular weight is 150 g/mol. The number of nitrogens with two attached hydrogens (primary N) is 2. The first-order valence-electron chi connectivity index (χ1n) is 4.02. The second-order valence-electron chi connectivity index (χ2n) is 2.39. The highest BCUT2D eigenvalue weighted by molar-refractivity contribution is 4.49. The number of hydrogen-bond acceptors (Lipinski definition) is 3. The van der Waals surface area contributed by atoms with Gasteiger partial charge in [-0.1, -0.05) is 0 Å². The van der Waals surface area contributed by atoms with Crippen LogP contribution in [0.2, 0.25) is 0 Å². The lowest BCUT2D eigenvalue weighted by molar-refractivity contribution is 0.611. The predicted molar refractivity (Wildman–Crippen MR) is 44.8 cm³/mol. The highest BCUT2D eigenvalue weighted by Gasteiger charge is 1.85. The number of unbranched alkanes of at least 4 members (excludes halogenated alkanes) is 1. The van der Waals surface area contributed by atoms with Gasteiger partial charge in [0.1, 0.15) is 0 Å². The van der Waals surface area contributed by atoms with Crippen molar-refractivity contribution in [2.45, 2.75) is 19.3 Å². The van der Waals surface area contributed by atoms with Gasteiger partial charge >= 0.3 is 0 Å². The Bertz CT molecular complexity index is 48.8. The molecule has 0 aromatic heterocycles. The van der Waals surface area contributed by atoms with E-state index in [-0.39, 0.29) is 0 Å². The first-order valence-corrected chi connectivity index (χ1v) is 4.02. The SMILES string of the molecule is [15NH2]CCC[15NH][13CH2]CC[13CH2][15NH2]. The third-order valence-corrected chi connectivity index (χ3v) is 1.37. The normalized spacial score (nSPS) is 10.2. The Labute approximate surface area is 63.2 Å². The van der Waals surface area contributed by atoms with Gasteiger partial charge in [-0.05, 0) is 45.4 Å². The van der Waals surface area contributed by atoms with E-state index in [0.717, 1.165) is 39.0 Å². The molecule has 0 saturated carbocycles. The summed E-state index contributed by atoms with van der Waals surface area (Å²) in [4.78, 5) is 0. The van der Waals surface area contributed by atoms with Crippen LogP contribution in [0.25, 0.3) is 0 Å². The van der Waals surface area contributed by atoms with Crippen LogP contribution in [0.3, 0.4) is 0 Å².